The minimum Gasteiger partial charge on any atom is -0.489 e. The van der Waals surface area contributed by atoms with Crippen molar-refractivity contribution in [1.82, 2.24) is 0 Å². The monoisotopic (exact) mass is 368 g/mol. The smallest absolute Gasteiger partial charge is 0.489 e. The van der Waals surface area contributed by atoms with E-state index in [1.54, 1.807) is 0 Å². The molecule has 0 fully saturated rings. The number of hydrogen-bond acceptors (Lipinski definition) is 3. The van der Waals surface area contributed by atoms with Crippen LogP contribution >= 0.6 is 31.9 Å². The van der Waals surface area contributed by atoms with Gasteiger partial charge in [0.1, 0.15) is 0 Å². The first kappa shape index (κ1) is 15.0. The molecule has 17 heavy (non-hydrogen) atoms. The molecule has 0 saturated heterocycles. The van der Waals surface area contributed by atoms with Crippen molar-refractivity contribution in [3.63, 3.8) is 0 Å². The van der Waals surface area contributed by atoms with Gasteiger partial charge in [0.25, 0.3) is 0 Å². The summed E-state index contributed by atoms with van der Waals surface area (Å²) >= 11 is 6.24. The van der Waals surface area contributed by atoms with Gasteiger partial charge in [-0.25, -0.2) is 4.39 Å². The van der Waals surface area contributed by atoms with Gasteiger partial charge in [-0.15, -0.1) is 0 Å². The van der Waals surface area contributed by atoms with Crippen molar-refractivity contribution in [2.45, 2.75) is 19.8 Å². The predicted octanol–water partition coefficient (Wildman–Crippen LogP) is 2.21. The number of unbranched alkanes of at least 4 members (excludes halogenated alkanes) is 1. The van der Waals surface area contributed by atoms with E-state index in [4.69, 9.17) is 14.8 Å². The van der Waals surface area contributed by atoms with Crippen LogP contribution in [0.1, 0.15) is 19.8 Å². The Bertz CT molecular complexity index is 402. The fourth-order valence-electron chi connectivity index (χ4n) is 1.27. The van der Waals surface area contributed by atoms with Gasteiger partial charge in [0.2, 0.25) is 0 Å². The first-order chi connectivity index (χ1) is 7.99. The molecule has 0 aromatic heterocycles. The van der Waals surface area contributed by atoms with Gasteiger partial charge >= 0.3 is 7.12 Å². The molecule has 2 N–H and O–H groups in total. The Kier molecular flexibility index (Phi) is 5.92. The summed E-state index contributed by atoms with van der Waals surface area (Å²) in [5, 5.41) is 18.2. The molecule has 0 radical (unpaired) electrons. The van der Waals surface area contributed by atoms with Crippen molar-refractivity contribution >= 4 is 44.4 Å². The molecular formula is C10H12BBr2FO3. The van der Waals surface area contributed by atoms with Gasteiger partial charge in [0.05, 0.1) is 11.1 Å². The Balaban J connectivity index is 3.07. The van der Waals surface area contributed by atoms with Crippen LogP contribution in [0, 0.1) is 5.82 Å². The maximum absolute atomic E-state index is 14.0. The average Bonchev–Trinajstić information content (AvgIpc) is 2.21. The Labute approximate surface area is 116 Å². The molecule has 94 valence electrons. The van der Waals surface area contributed by atoms with E-state index in [1.165, 1.54) is 6.07 Å². The van der Waals surface area contributed by atoms with Crippen molar-refractivity contribution in [1.29, 1.82) is 0 Å². The highest BCUT2D eigenvalue weighted by Gasteiger charge is 2.25. The molecular weight excluding hydrogens is 358 g/mol. The first-order valence-electron chi connectivity index (χ1n) is 5.15. The number of rotatable bonds is 5. The van der Waals surface area contributed by atoms with Gasteiger partial charge in [-0.1, -0.05) is 29.3 Å². The van der Waals surface area contributed by atoms with E-state index in [-0.39, 0.29) is 15.7 Å². The van der Waals surface area contributed by atoms with Crippen LogP contribution in [0.5, 0.6) is 5.75 Å². The van der Waals surface area contributed by atoms with E-state index in [0.29, 0.717) is 11.1 Å². The van der Waals surface area contributed by atoms with E-state index < -0.39 is 12.9 Å². The van der Waals surface area contributed by atoms with Crippen molar-refractivity contribution in [2.75, 3.05) is 6.61 Å². The van der Waals surface area contributed by atoms with E-state index >= 15 is 0 Å². The zero-order valence-corrected chi connectivity index (χ0v) is 12.4. The molecule has 0 unspecified atom stereocenters. The van der Waals surface area contributed by atoms with Crippen LogP contribution in [0.4, 0.5) is 4.39 Å². The fourth-order valence-corrected chi connectivity index (χ4v) is 2.71. The predicted molar refractivity (Wildman–Crippen MR) is 72.0 cm³/mol. The third-order valence-corrected chi connectivity index (χ3v) is 3.41. The lowest BCUT2D eigenvalue weighted by molar-refractivity contribution is 0.292. The molecule has 0 aliphatic carbocycles. The zero-order chi connectivity index (χ0) is 13.0. The summed E-state index contributed by atoms with van der Waals surface area (Å²) in [5.74, 6) is -0.762. The van der Waals surface area contributed by atoms with Gasteiger partial charge in [0.15, 0.2) is 11.6 Å². The van der Waals surface area contributed by atoms with Gasteiger partial charge in [0, 0.05) is 9.94 Å². The van der Waals surface area contributed by atoms with Gasteiger partial charge in [-0.05, 0) is 28.4 Å². The molecule has 1 aromatic carbocycles. The quantitative estimate of drug-likeness (QED) is 0.618. The summed E-state index contributed by atoms with van der Waals surface area (Å²) in [5.41, 5.74) is -0.223. The molecule has 7 heteroatoms. The largest absolute Gasteiger partial charge is 0.492 e. The van der Waals surface area contributed by atoms with Crippen LogP contribution in [0.15, 0.2) is 15.0 Å². The molecule has 0 aliphatic rings. The second kappa shape index (κ2) is 6.73. The van der Waals surface area contributed by atoms with Crippen molar-refractivity contribution in [2.24, 2.45) is 0 Å². The average molecular weight is 370 g/mol. The maximum Gasteiger partial charge on any atom is 0.492 e. The van der Waals surface area contributed by atoms with Gasteiger partial charge in [-0.3, -0.25) is 0 Å². The topological polar surface area (TPSA) is 49.7 Å². The van der Waals surface area contributed by atoms with Crippen LogP contribution in [0.2, 0.25) is 0 Å². The van der Waals surface area contributed by atoms with Crippen molar-refractivity contribution < 1.29 is 19.2 Å². The van der Waals surface area contributed by atoms with Gasteiger partial charge in [-0.2, -0.15) is 0 Å². The second-order valence-electron chi connectivity index (χ2n) is 3.47. The molecule has 0 heterocycles. The third kappa shape index (κ3) is 3.68. The lowest BCUT2D eigenvalue weighted by Crippen LogP contribution is -2.34. The highest BCUT2D eigenvalue weighted by molar-refractivity contribution is 9.11. The molecule has 0 amide bonds. The molecule has 3 nitrogen and oxygen atoms in total. The minimum atomic E-state index is -1.88. The summed E-state index contributed by atoms with van der Waals surface area (Å²) in [7, 11) is -1.88. The zero-order valence-electron chi connectivity index (χ0n) is 9.21. The number of ether oxygens (including phenoxy) is 1. The SMILES string of the molecule is CCCCOc1c(Br)cc(Br)c(B(O)O)c1F. The molecule has 0 spiro atoms. The molecule has 0 aliphatic heterocycles. The third-order valence-electron chi connectivity index (χ3n) is 2.17. The first-order valence-corrected chi connectivity index (χ1v) is 6.74. The molecule has 1 rings (SSSR count). The molecule has 0 saturated carbocycles. The van der Waals surface area contributed by atoms with E-state index in [0.717, 1.165) is 12.8 Å². The lowest BCUT2D eigenvalue weighted by atomic mass is 9.80. The highest BCUT2D eigenvalue weighted by atomic mass is 79.9. The van der Waals surface area contributed by atoms with E-state index in [1.807, 2.05) is 6.92 Å². The minimum absolute atomic E-state index is 0.00440. The Hall–Kier alpha value is -0.105. The summed E-state index contributed by atoms with van der Waals surface area (Å²) < 4.78 is 20.0. The van der Waals surface area contributed by atoms with Crippen LogP contribution in [-0.2, 0) is 0 Å². The summed E-state index contributed by atoms with van der Waals surface area (Å²) in [6.45, 7) is 2.38. The van der Waals surface area contributed by atoms with E-state index in [9.17, 15) is 4.39 Å². The molecule has 0 bridgehead atoms. The van der Waals surface area contributed by atoms with Gasteiger partial charge < -0.3 is 14.8 Å². The second-order valence-corrected chi connectivity index (χ2v) is 5.18. The molecule has 0 atom stereocenters. The Morgan fingerprint density at radius 3 is 2.53 bits per heavy atom. The Morgan fingerprint density at radius 2 is 2.00 bits per heavy atom. The number of halogens is 3. The Morgan fingerprint density at radius 1 is 1.35 bits per heavy atom. The van der Waals surface area contributed by atoms with E-state index in [2.05, 4.69) is 31.9 Å². The van der Waals surface area contributed by atoms with Crippen LogP contribution in [0.3, 0.4) is 0 Å². The summed E-state index contributed by atoms with van der Waals surface area (Å²) in [4.78, 5) is 0. The summed E-state index contributed by atoms with van der Waals surface area (Å²) in [6.07, 6.45) is 1.74. The lowest BCUT2D eigenvalue weighted by Gasteiger charge is -2.13. The number of hydrogen-bond donors (Lipinski definition) is 2. The maximum atomic E-state index is 14.0. The standard InChI is InChI=1S/C10H12BBr2FO3/c1-2-3-4-17-10-7(13)5-6(12)8(9(10)14)11(15)16/h5,15-16H,2-4H2,1H3. The molecule has 1 aromatic rings. The normalized spacial score (nSPS) is 10.5. The van der Waals surface area contributed by atoms with Crippen molar-refractivity contribution in [3.8, 4) is 5.75 Å². The van der Waals surface area contributed by atoms with Crippen LogP contribution < -0.4 is 10.2 Å². The van der Waals surface area contributed by atoms with Crippen molar-refractivity contribution in [3.05, 3.63) is 20.8 Å². The highest BCUT2D eigenvalue weighted by Crippen LogP contribution is 2.30. The fraction of sp³-hybridized carbons (Fsp3) is 0.400. The number of benzene rings is 1. The van der Waals surface area contributed by atoms with Crippen LogP contribution in [-0.4, -0.2) is 23.8 Å². The van der Waals surface area contributed by atoms with Crippen LogP contribution in [0.25, 0.3) is 0 Å². The summed E-state index contributed by atoms with van der Waals surface area (Å²) in [6, 6.07) is 1.53.